The first-order chi connectivity index (χ1) is 7.47. The zero-order valence-electron chi connectivity index (χ0n) is 8.12. The van der Waals surface area contributed by atoms with Crippen LogP contribution in [0, 0.1) is 0 Å². The molecule has 1 aromatic rings. The summed E-state index contributed by atoms with van der Waals surface area (Å²) in [4.78, 5) is 12.6. The zero-order valence-corrected chi connectivity index (χ0v) is 8.94. The van der Waals surface area contributed by atoms with Gasteiger partial charge in [-0.05, 0) is 0 Å². The number of Topliss-reactive ketones (excluding diaryl/α,β-unsaturated/α-hetero) is 1. The van der Waals surface area contributed by atoms with E-state index in [9.17, 15) is 18.0 Å². The van der Waals surface area contributed by atoms with Crippen LogP contribution in [0.2, 0.25) is 0 Å². The molecule has 2 heterocycles. The summed E-state index contributed by atoms with van der Waals surface area (Å²) in [7, 11) is 0. The molecule has 1 aliphatic heterocycles. The number of hydrogen-bond donors (Lipinski definition) is 0. The van der Waals surface area contributed by atoms with E-state index < -0.39 is 11.2 Å². The third-order valence-electron chi connectivity index (χ3n) is 2.25. The first-order valence-electron chi connectivity index (χ1n) is 4.64. The number of ketones is 1. The SMILES string of the molecule is O=C1CCN(c2nnc(C(F)(F)F)s2)CC1. The largest absolute Gasteiger partial charge is 0.445 e. The van der Waals surface area contributed by atoms with Crippen molar-refractivity contribution in [2.75, 3.05) is 18.0 Å². The van der Waals surface area contributed by atoms with E-state index >= 15 is 0 Å². The average Bonchev–Trinajstić information content (AvgIpc) is 2.67. The zero-order chi connectivity index (χ0) is 11.8. The maximum absolute atomic E-state index is 12.3. The monoisotopic (exact) mass is 251 g/mol. The smallest absolute Gasteiger partial charge is 0.346 e. The molecule has 0 spiro atoms. The minimum atomic E-state index is -4.44. The Labute approximate surface area is 93.1 Å². The number of carbonyl (C=O) groups excluding carboxylic acids is 1. The Balaban J connectivity index is 2.10. The van der Waals surface area contributed by atoms with E-state index in [4.69, 9.17) is 0 Å². The lowest BCUT2D eigenvalue weighted by molar-refractivity contribution is -0.138. The highest BCUT2D eigenvalue weighted by atomic mass is 32.1. The lowest BCUT2D eigenvalue weighted by Gasteiger charge is -2.24. The average molecular weight is 251 g/mol. The van der Waals surface area contributed by atoms with Gasteiger partial charge < -0.3 is 4.90 Å². The fourth-order valence-corrected chi connectivity index (χ4v) is 2.17. The van der Waals surface area contributed by atoms with Gasteiger partial charge in [0, 0.05) is 25.9 Å². The first kappa shape index (κ1) is 11.3. The van der Waals surface area contributed by atoms with E-state index in [0.29, 0.717) is 37.3 Å². The molecule has 4 nitrogen and oxygen atoms in total. The third kappa shape index (κ3) is 2.31. The molecule has 0 N–H and O–H groups in total. The second-order valence-electron chi connectivity index (χ2n) is 3.41. The quantitative estimate of drug-likeness (QED) is 0.762. The number of nitrogens with zero attached hydrogens (tertiary/aromatic N) is 3. The van der Waals surface area contributed by atoms with Crippen LogP contribution in [0.1, 0.15) is 17.8 Å². The summed E-state index contributed by atoms with van der Waals surface area (Å²) in [5.41, 5.74) is 0. The molecular weight excluding hydrogens is 243 g/mol. The van der Waals surface area contributed by atoms with Crippen LogP contribution in [-0.2, 0) is 11.0 Å². The van der Waals surface area contributed by atoms with Gasteiger partial charge in [-0.1, -0.05) is 11.3 Å². The van der Waals surface area contributed by atoms with Gasteiger partial charge in [0.15, 0.2) is 0 Å². The van der Waals surface area contributed by atoms with Crippen LogP contribution in [0.5, 0.6) is 0 Å². The molecule has 2 rings (SSSR count). The maximum Gasteiger partial charge on any atom is 0.445 e. The molecule has 0 amide bonds. The van der Waals surface area contributed by atoms with Gasteiger partial charge in [-0.3, -0.25) is 4.79 Å². The second kappa shape index (κ2) is 4.00. The molecule has 88 valence electrons. The Morgan fingerprint density at radius 1 is 1.19 bits per heavy atom. The molecule has 0 aromatic carbocycles. The molecule has 1 aliphatic rings. The van der Waals surface area contributed by atoms with Crippen molar-refractivity contribution in [1.29, 1.82) is 0 Å². The van der Waals surface area contributed by atoms with Crippen molar-refractivity contribution in [2.24, 2.45) is 0 Å². The summed E-state index contributed by atoms with van der Waals surface area (Å²) in [6.45, 7) is 0.844. The van der Waals surface area contributed by atoms with Gasteiger partial charge in [0.05, 0.1) is 0 Å². The van der Waals surface area contributed by atoms with E-state index in [2.05, 4.69) is 10.2 Å². The van der Waals surface area contributed by atoms with Crippen LogP contribution in [0.3, 0.4) is 0 Å². The predicted molar refractivity (Wildman–Crippen MR) is 51.4 cm³/mol. The fourth-order valence-electron chi connectivity index (χ4n) is 1.41. The Morgan fingerprint density at radius 3 is 2.31 bits per heavy atom. The maximum atomic E-state index is 12.3. The van der Waals surface area contributed by atoms with Crippen molar-refractivity contribution in [3.63, 3.8) is 0 Å². The van der Waals surface area contributed by atoms with Gasteiger partial charge in [0.25, 0.3) is 0 Å². The first-order valence-corrected chi connectivity index (χ1v) is 5.46. The molecular formula is C8H8F3N3OS. The molecule has 0 aliphatic carbocycles. The fraction of sp³-hybridized carbons (Fsp3) is 0.625. The summed E-state index contributed by atoms with van der Waals surface area (Å²) in [5.74, 6) is 0.136. The molecule has 1 aromatic heterocycles. The minimum absolute atomic E-state index is 0.136. The highest BCUT2D eigenvalue weighted by Gasteiger charge is 2.36. The standard InChI is InChI=1S/C8H8F3N3OS/c9-8(10,11)6-12-13-7(16-6)14-3-1-5(15)2-4-14/h1-4H2. The topological polar surface area (TPSA) is 46.1 Å². The van der Waals surface area contributed by atoms with E-state index in [1.54, 1.807) is 4.90 Å². The van der Waals surface area contributed by atoms with E-state index in [1.165, 1.54) is 0 Å². The number of aromatic nitrogens is 2. The summed E-state index contributed by atoms with van der Waals surface area (Å²) < 4.78 is 36.8. The van der Waals surface area contributed by atoms with E-state index in [1.807, 2.05) is 0 Å². The number of halogens is 3. The molecule has 1 saturated heterocycles. The van der Waals surface area contributed by atoms with Crippen molar-refractivity contribution < 1.29 is 18.0 Å². The van der Waals surface area contributed by atoms with Gasteiger partial charge >= 0.3 is 6.18 Å². The van der Waals surface area contributed by atoms with Crippen molar-refractivity contribution >= 4 is 22.3 Å². The lowest BCUT2D eigenvalue weighted by atomic mass is 10.1. The predicted octanol–water partition coefficient (Wildman–Crippen LogP) is 1.73. The Bertz CT molecular complexity index is 393. The number of alkyl halides is 3. The van der Waals surface area contributed by atoms with Crippen molar-refractivity contribution in [1.82, 2.24) is 10.2 Å². The third-order valence-corrected chi connectivity index (χ3v) is 3.28. The highest BCUT2D eigenvalue weighted by molar-refractivity contribution is 7.15. The van der Waals surface area contributed by atoms with Crippen molar-refractivity contribution in [2.45, 2.75) is 19.0 Å². The van der Waals surface area contributed by atoms with Gasteiger partial charge in [-0.25, -0.2) is 0 Å². The molecule has 8 heteroatoms. The normalized spacial score (nSPS) is 17.9. The minimum Gasteiger partial charge on any atom is -0.346 e. The van der Waals surface area contributed by atoms with Gasteiger partial charge in [0.2, 0.25) is 10.1 Å². The lowest BCUT2D eigenvalue weighted by Crippen LogP contribution is -2.33. The Hall–Kier alpha value is -1.18. The number of rotatable bonds is 1. The van der Waals surface area contributed by atoms with Gasteiger partial charge in [-0.15, -0.1) is 10.2 Å². The molecule has 0 saturated carbocycles. The summed E-state index contributed by atoms with van der Waals surface area (Å²) >= 11 is 0.515. The van der Waals surface area contributed by atoms with Crippen molar-refractivity contribution in [3.05, 3.63) is 5.01 Å². The molecule has 0 atom stereocenters. The Kier molecular flexibility index (Phi) is 2.83. The summed E-state index contributed by atoms with van der Waals surface area (Å²) in [6, 6.07) is 0. The van der Waals surface area contributed by atoms with Crippen LogP contribution in [0.25, 0.3) is 0 Å². The van der Waals surface area contributed by atoms with Crippen LogP contribution in [0.15, 0.2) is 0 Å². The van der Waals surface area contributed by atoms with Crippen LogP contribution in [-0.4, -0.2) is 29.1 Å². The van der Waals surface area contributed by atoms with E-state index in [-0.39, 0.29) is 10.9 Å². The number of anilines is 1. The Morgan fingerprint density at radius 2 is 1.81 bits per heavy atom. The van der Waals surface area contributed by atoms with Crippen molar-refractivity contribution in [3.8, 4) is 0 Å². The van der Waals surface area contributed by atoms with Crippen LogP contribution >= 0.6 is 11.3 Å². The van der Waals surface area contributed by atoms with Gasteiger partial charge in [0.1, 0.15) is 5.78 Å². The molecule has 0 unspecified atom stereocenters. The molecule has 0 bridgehead atoms. The summed E-state index contributed by atoms with van der Waals surface area (Å²) in [5, 5.41) is 5.88. The number of hydrogen-bond acceptors (Lipinski definition) is 5. The van der Waals surface area contributed by atoms with Gasteiger partial charge in [-0.2, -0.15) is 13.2 Å². The van der Waals surface area contributed by atoms with Crippen LogP contribution < -0.4 is 4.90 Å². The molecule has 1 fully saturated rings. The number of carbonyl (C=O) groups is 1. The molecule has 16 heavy (non-hydrogen) atoms. The highest BCUT2D eigenvalue weighted by Crippen LogP contribution is 2.34. The number of piperidine rings is 1. The molecule has 0 radical (unpaired) electrons. The second-order valence-corrected chi connectivity index (χ2v) is 4.37. The van der Waals surface area contributed by atoms with E-state index in [0.717, 1.165) is 0 Å². The summed E-state index contributed by atoms with van der Waals surface area (Å²) in [6.07, 6.45) is -3.72. The van der Waals surface area contributed by atoms with Crippen LogP contribution in [0.4, 0.5) is 18.3 Å².